The van der Waals surface area contributed by atoms with Crippen molar-refractivity contribution in [1.29, 1.82) is 0 Å². The minimum absolute atomic E-state index is 0.115. The molecule has 24 heavy (non-hydrogen) atoms. The third kappa shape index (κ3) is 4.93. The van der Waals surface area contributed by atoms with Gasteiger partial charge < -0.3 is 9.73 Å². The van der Waals surface area contributed by atoms with E-state index >= 15 is 0 Å². The van der Waals surface area contributed by atoms with Gasteiger partial charge in [-0.15, -0.1) is 10.2 Å². The van der Waals surface area contributed by atoms with Crippen LogP contribution >= 0.6 is 56.9 Å². The highest BCUT2D eigenvalue weighted by atomic mass is 127. The van der Waals surface area contributed by atoms with Gasteiger partial charge >= 0.3 is 0 Å². The number of carbonyl (C=O) groups excluding carboxylic acids is 1. The molecular formula is C16H11I2N3O2S. The summed E-state index contributed by atoms with van der Waals surface area (Å²) < 4.78 is 7.79. The summed E-state index contributed by atoms with van der Waals surface area (Å²) in [7, 11) is 0. The van der Waals surface area contributed by atoms with Crippen LogP contribution in [0.2, 0.25) is 0 Å². The predicted octanol–water partition coefficient (Wildman–Crippen LogP) is 4.68. The van der Waals surface area contributed by atoms with Crippen LogP contribution in [0.15, 0.2) is 58.2 Å². The Morgan fingerprint density at radius 3 is 2.62 bits per heavy atom. The van der Waals surface area contributed by atoms with E-state index in [0.29, 0.717) is 11.1 Å². The summed E-state index contributed by atoms with van der Waals surface area (Å²) in [5, 5.41) is 11.2. The van der Waals surface area contributed by atoms with E-state index in [4.69, 9.17) is 4.42 Å². The predicted molar refractivity (Wildman–Crippen MR) is 111 cm³/mol. The van der Waals surface area contributed by atoms with Gasteiger partial charge in [0.05, 0.1) is 5.75 Å². The van der Waals surface area contributed by atoms with Crippen LogP contribution in [0.25, 0.3) is 11.5 Å². The fourth-order valence-electron chi connectivity index (χ4n) is 1.87. The van der Waals surface area contributed by atoms with Crippen molar-refractivity contribution in [3.8, 4) is 11.5 Å². The van der Waals surface area contributed by atoms with Crippen molar-refractivity contribution in [2.45, 2.75) is 5.22 Å². The Kier molecular flexibility index (Phi) is 6.11. The third-order valence-electron chi connectivity index (χ3n) is 2.93. The highest BCUT2D eigenvalue weighted by Crippen LogP contribution is 2.24. The minimum Gasteiger partial charge on any atom is -0.411 e. The molecule has 0 aliphatic carbocycles. The van der Waals surface area contributed by atoms with E-state index in [-0.39, 0.29) is 11.7 Å². The van der Waals surface area contributed by atoms with Gasteiger partial charge in [0.2, 0.25) is 11.8 Å². The molecule has 3 rings (SSSR count). The van der Waals surface area contributed by atoms with Gasteiger partial charge in [0.1, 0.15) is 0 Å². The summed E-state index contributed by atoms with van der Waals surface area (Å²) in [4.78, 5) is 12.0. The quantitative estimate of drug-likeness (QED) is 0.361. The first-order valence-corrected chi connectivity index (χ1v) is 10.0. The standard InChI is InChI=1S/C16H11I2N3O2S/c17-11-6-4-10(5-7-11)15-20-21-16(23-15)24-9-14(22)19-13-3-1-2-12(18)8-13/h1-8H,9H2,(H,19,22). The molecule has 0 aliphatic heterocycles. The number of nitrogens with one attached hydrogen (secondary N) is 1. The number of halogens is 2. The number of amides is 1. The van der Waals surface area contributed by atoms with Crippen LogP contribution in [-0.4, -0.2) is 21.9 Å². The van der Waals surface area contributed by atoms with Gasteiger partial charge in [0.25, 0.3) is 5.22 Å². The van der Waals surface area contributed by atoms with E-state index < -0.39 is 0 Å². The molecule has 0 unspecified atom stereocenters. The van der Waals surface area contributed by atoms with Gasteiger partial charge in [-0.25, -0.2) is 0 Å². The number of carbonyl (C=O) groups is 1. The maximum Gasteiger partial charge on any atom is 0.277 e. The van der Waals surface area contributed by atoms with E-state index in [9.17, 15) is 4.79 Å². The van der Waals surface area contributed by atoms with Crippen LogP contribution in [-0.2, 0) is 4.79 Å². The SMILES string of the molecule is O=C(CSc1nnc(-c2ccc(I)cc2)o1)Nc1cccc(I)c1. The average molecular weight is 563 g/mol. The second kappa shape index (κ2) is 8.30. The third-order valence-corrected chi connectivity index (χ3v) is 5.14. The van der Waals surface area contributed by atoms with Crippen LogP contribution in [0.3, 0.4) is 0 Å². The first-order chi connectivity index (χ1) is 11.6. The van der Waals surface area contributed by atoms with Gasteiger partial charge in [-0.05, 0) is 87.6 Å². The average Bonchev–Trinajstić information content (AvgIpc) is 3.03. The van der Waals surface area contributed by atoms with Gasteiger partial charge in [-0.2, -0.15) is 0 Å². The molecule has 122 valence electrons. The zero-order valence-electron chi connectivity index (χ0n) is 12.2. The summed E-state index contributed by atoms with van der Waals surface area (Å²) in [6.45, 7) is 0. The largest absolute Gasteiger partial charge is 0.411 e. The summed E-state index contributed by atoms with van der Waals surface area (Å²) >= 11 is 5.65. The molecule has 0 spiro atoms. The number of hydrogen-bond donors (Lipinski definition) is 1. The topological polar surface area (TPSA) is 68.0 Å². The molecule has 1 N–H and O–H groups in total. The summed E-state index contributed by atoms with van der Waals surface area (Å²) in [5.74, 6) is 0.544. The smallest absolute Gasteiger partial charge is 0.277 e. The number of aromatic nitrogens is 2. The molecule has 5 nitrogen and oxygen atoms in total. The maximum absolute atomic E-state index is 12.0. The zero-order chi connectivity index (χ0) is 16.9. The van der Waals surface area contributed by atoms with E-state index in [1.54, 1.807) is 0 Å². The van der Waals surface area contributed by atoms with E-state index in [1.807, 2.05) is 48.5 Å². The second-order valence-electron chi connectivity index (χ2n) is 4.73. The molecule has 1 heterocycles. The Morgan fingerprint density at radius 2 is 1.88 bits per heavy atom. The van der Waals surface area contributed by atoms with Crippen molar-refractivity contribution < 1.29 is 9.21 Å². The van der Waals surface area contributed by atoms with Gasteiger partial charge in [-0.3, -0.25) is 4.79 Å². The monoisotopic (exact) mass is 563 g/mol. The molecular weight excluding hydrogens is 552 g/mol. The fraction of sp³-hybridized carbons (Fsp3) is 0.0625. The van der Waals surface area contributed by atoms with Crippen molar-refractivity contribution in [2.24, 2.45) is 0 Å². The fourth-order valence-corrected chi connectivity index (χ4v) is 3.33. The lowest BCUT2D eigenvalue weighted by molar-refractivity contribution is -0.113. The number of hydrogen-bond acceptors (Lipinski definition) is 5. The summed E-state index contributed by atoms with van der Waals surface area (Å²) in [5.41, 5.74) is 1.63. The van der Waals surface area contributed by atoms with E-state index in [1.165, 1.54) is 11.8 Å². The maximum atomic E-state index is 12.0. The molecule has 1 aromatic heterocycles. The van der Waals surface area contributed by atoms with E-state index in [0.717, 1.165) is 18.4 Å². The number of thioether (sulfide) groups is 1. The molecule has 3 aromatic rings. The van der Waals surface area contributed by atoms with Crippen molar-refractivity contribution in [1.82, 2.24) is 10.2 Å². The van der Waals surface area contributed by atoms with Crippen LogP contribution in [0.4, 0.5) is 5.69 Å². The van der Waals surface area contributed by atoms with Crippen molar-refractivity contribution in [3.63, 3.8) is 0 Å². The molecule has 8 heteroatoms. The number of nitrogens with zero attached hydrogens (tertiary/aromatic N) is 2. The lowest BCUT2D eigenvalue weighted by Gasteiger charge is -2.04. The molecule has 2 aromatic carbocycles. The first-order valence-electron chi connectivity index (χ1n) is 6.88. The zero-order valence-corrected chi connectivity index (χ0v) is 17.3. The Hall–Kier alpha value is -1.14. The van der Waals surface area contributed by atoms with E-state index in [2.05, 4.69) is 60.7 Å². The molecule has 1 amide bonds. The van der Waals surface area contributed by atoms with Crippen LogP contribution in [0.5, 0.6) is 0 Å². The van der Waals surface area contributed by atoms with Crippen molar-refractivity contribution in [2.75, 3.05) is 11.1 Å². The molecule has 0 atom stereocenters. The number of rotatable bonds is 5. The number of benzene rings is 2. The molecule has 0 saturated carbocycles. The molecule has 0 radical (unpaired) electrons. The Bertz CT molecular complexity index is 853. The highest BCUT2D eigenvalue weighted by molar-refractivity contribution is 14.1. The van der Waals surface area contributed by atoms with Crippen LogP contribution < -0.4 is 5.32 Å². The summed E-state index contributed by atoms with van der Waals surface area (Å²) in [6.07, 6.45) is 0. The lowest BCUT2D eigenvalue weighted by atomic mass is 10.2. The van der Waals surface area contributed by atoms with Crippen LogP contribution in [0, 0.1) is 7.14 Å². The molecule has 0 bridgehead atoms. The minimum atomic E-state index is -0.115. The first kappa shape index (κ1) is 17.7. The lowest BCUT2D eigenvalue weighted by Crippen LogP contribution is -2.13. The van der Waals surface area contributed by atoms with Crippen molar-refractivity contribution >= 4 is 68.5 Å². The number of anilines is 1. The van der Waals surface area contributed by atoms with Gasteiger partial charge in [0, 0.05) is 18.4 Å². The highest BCUT2D eigenvalue weighted by Gasteiger charge is 2.11. The Labute approximate surface area is 170 Å². The Morgan fingerprint density at radius 1 is 1.08 bits per heavy atom. The van der Waals surface area contributed by atoms with Gasteiger partial charge in [0.15, 0.2) is 0 Å². The summed E-state index contributed by atoms with van der Waals surface area (Å²) in [6, 6.07) is 15.4. The molecule has 0 saturated heterocycles. The Balaban J connectivity index is 1.57. The second-order valence-corrected chi connectivity index (χ2v) is 8.15. The van der Waals surface area contributed by atoms with Crippen LogP contribution in [0.1, 0.15) is 0 Å². The normalized spacial score (nSPS) is 10.6. The van der Waals surface area contributed by atoms with Crippen molar-refractivity contribution in [3.05, 3.63) is 55.7 Å². The molecule has 0 fully saturated rings. The van der Waals surface area contributed by atoms with Gasteiger partial charge in [-0.1, -0.05) is 17.8 Å². The molecule has 0 aliphatic rings.